The standard InChI is InChI=1S/C16H22N4/c1-13-4-6-20-11-14(17-16(20)9-13)10-18-7-8-19-5-2-3-15(19)12-18/h4,6,9,11,15H,2-3,5,7-8,10,12H2,1H3/t15-/m0/s1. The molecule has 0 radical (unpaired) electrons. The van der Waals surface area contributed by atoms with E-state index >= 15 is 0 Å². The van der Waals surface area contributed by atoms with Gasteiger partial charge in [0.05, 0.1) is 5.69 Å². The summed E-state index contributed by atoms with van der Waals surface area (Å²) in [6.07, 6.45) is 7.04. The van der Waals surface area contributed by atoms with Gasteiger partial charge >= 0.3 is 0 Å². The third kappa shape index (κ3) is 2.23. The lowest BCUT2D eigenvalue weighted by Gasteiger charge is -2.37. The summed E-state index contributed by atoms with van der Waals surface area (Å²) in [5.74, 6) is 0. The number of nitrogens with zero attached hydrogens (tertiary/aromatic N) is 4. The number of hydrogen-bond acceptors (Lipinski definition) is 3. The Morgan fingerprint density at radius 1 is 1.30 bits per heavy atom. The molecule has 4 nitrogen and oxygen atoms in total. The van der Waals surface area contributed by atoms with E-state index in [1.54, 1.807) is 0 Å². The molecule has 4 heteroatoms. The number of aryl methyl sites for hydroxylation is 1. The van der Waals surface area contributed by atoms with Crippen LogP contribution in [-0.2, 0) is 6.54 Å². The Hall–Kier alpha value is -1.39. The van der Waals surface area contributed by atoms with Crippen LogP contribution in [0.2, 0.25) is 0 Å². The van der Waals surface area contributed by atoms with E-state index in [1.165, 1.54) is 50.3 Å². The maximum atomic E-state index is 4.76. The van der Waals surface area contributed by atoms with Crippen LogP contribution < -0.4 is 0 Å². The molecule has 2 aromatic rings. The van der Waals surface area contributed by atoms with Crippen molar-refractivity contribution < 1.29 is 0 Å². The second-order valence-electron chi connectivity index (χ2n) is 6.27. The average Bonchev–Trinajstić information content (AvgIpc) is 3.03. The van der Waals surface area contributed by atoms with Crippen molar-refractivity contribution in [3.63, 3.8) is 0 Å². The zero-order valence-electron chi connectivity index (χ0n) is 12.1. The van der Waals surface area contributed by atoms with E-state index in [-0.39, 0.29) is 0 Å². The first kappa shape index (κ1) is 12.4. The number of rotatable bonds is 2. The molecular formula is C16H22N4. The molecule has 2 aliphatic rings. The summed E-state index contributed by atoms with van der Waals surface area (Å²) in [6.45, 7) is 8.05. The van der Waals surface area contributed by atoms with Crippen LogP contribution in [0.4, 0.5) is 0 Å². The van der Waals surface area contributed by atoms with Crippen molar-refractivity contribution in [2.45, 2.75) is 32.4 Å². The lowest BCUT2D eigenvalue weighted by molar-refractivity contribution is 0.0986. The summed E-state index contributed by atoms with van der Waals surface area (Å²) >= 11 is 0. The lowest BCUT2D eigenvalue weighted by Crippen LogP contribution is -2.49. The molecule has 0 bridgehead atoms. The van der Waals surface area contributed by atoms with Gasteiger partial charge in [0.1, 0.15) is 5.65 Å². The first-order valence-corrected chi connectivity index (χ1v) is 7.68. The molecule has 0 N–H and O–H groups in total. The monoisotopic (exact) mass is 270 g/mol. The Morgan fingerprint density at radius 3 is 3.20 bits per heavy atom. The molecule has 2 aliphatic heterocycles. The van der Waals surface area contributed by atoms with Crippen molar-refractivity contribution >= 4 is 5.65 Å². The van der Waals surface area contributed by atoms with E-state index < -0.39 is 0 Å². The summed E-state index contributed by atoms with van der Waals surface area (Å²) in [6, 6.07) is 5.08. The number of imidazole rings is 1. The van der Waals surface area contributed by atoms with E-state index in [0.29, 0.717) is 0 Å². The molecular weight excluding hydrogens is 248 g/mol. The maximum Gasteiger partial charge on any atom is 0.137 e. The van der Waals surface area contributed by atoms with Gasteiger partial charge in [-0.05, 0) is 44.0 Å². The molecule has 0 unspecified atom stereocenters. The quantitative estimate of drug-likeness (QED) is 0.833. The minimum atomic E-state index is 0.794. The van der Waals surface area contributed by atoms with Crippen LogP contribution >= 0.6 is 0 Å². The van der Waals surface area contributed by atoms with E-state index in [1.807, 2.05) is 0 Å². The van der Waals surface area contributed by atoms with Crippen molar-refractivity contribution in [3.05, 3.63) is 35.8 Å². The summed E-state index contributed by atoms with van der Waals surface area (Å²) in [4.78, 5) is 9.99. The molecule has 0 aromatic carbocycles. The Bertz CT molecular complexity index is 618. The largest absolute Gasteiger partial charge is 0.307 e. The molecule has 0 amide bonds. The molecule has 2 aromatic heterocycles. The van der Waals surface area contributed by atoms with Gasteiger partial charge < -0.3 is 4.40 Å². The second kappa shape index (κ2) is 4.86. The number of aromatic nitrogens is 2. The van der Waals surface area contributed by atoms with Gasteiger partial charge in [0.25, 0.3) is 0 Å². The number of hydrogen-bond donors (Lipinski definition) is 0. The molecule has 106 valence electrons. The van der Waals surface area contributed by atoms with Crippen molar-refractivity contribution in [1.29, 1.82) is 0 Å². The van der Waals surface area contributed by atoms with Crippen LogP contribution in [0.1, 0.15) is 24.1 Å². The smallest absolute Gasteiger partial charge is 0.137 e. The fourth-order valence-corrected chi connectivity index (χ4v) is 3.64. The van der Waals surface area contributed by atoms with Crippen LogP contribution in [0.5, 0.6) is 0 Å². The third-order valence-corrected chi connectivity index (χ3v) is 4.72. The molecule has 2 fully saturated rings. The van der Waals surface area contributed by atoms with Crippen LogP contribution in [0.25, 0.3) is 5.65 Å². The van der Waals surface area contributed by atoms with Gasteiger partial charge in [-0.1, -0.05) is 0 Å². The minimum absolute atomic E-state index is 0.794. The Balaban J connectivity index is 1.49. The highest BCUT2D eigenvalue weighted by Gasteiger charge is 2.30. The fraction of sp³-hybridized carbons (Fsp3) is 0.562. The third-order valence-electron chi connectivity index (χ3n) is 4.72. The molecule has 1 atom stereocenters. The highest BCUT2D eigenvalue weighted by Crippen LogP contribution is 2.22. The van der Waals surface area contributed by atoms with Gasteiger partial charge in [0, 0.05) is 44.6 Å². The molecule has 0 saturated carbocycles. The molecule has 20 heavy (non-hydrogen) atoms. The van der Waals surface area contributed by atoms with Gasteiger partial charge in [-0.3, -0.25) is 9.80 Å². The van der Waals surface area contributed by atoms with E-state index in [9.17, 15) is 0 Å². The zero-order chi connectivity index (χ0) is 13.5. The maximum absolute atomic E-state index is 4.76. The van der Waals surface area contributed by atoms with E-state index in [0.717, 1.165) is 18.2 Å². The second-order valence-corrected chi connectivity index (χ2v) is 6.27. The van der Waals surface area contributed by atoms with Crippen LogP contribution in [0.15, 0.2) is 24.5 Å². The van der Waals surface area contributed by atoms with Gasteiger partial charge in [-0.25, -0.2) is 4.98 Å². The first-order chi connectivity index (χ1) is 9.78. The number of pyridine rings is 1. The summed E-state index contributed by atoms with van der Waals surface area (Å²) in [7, 11) is 0. The molecule has 4 heterocycles. The normalized spacial score (nSPS) is 24.4. The predicted octanol–water partition coefficient (Wildman–Crippen LogP) is 1.92. The minimum Gasteiger partial charge on any atom is -0.307 e. The topological polar surface area (TPSA) is 23.8 Å². The van der Waals surface area contributed by atoms with Crippen molar-refractivity contribution in [3.8, 4) is 0 Å². The van der Waals surface area contributed by atoms with Gasteiger partial charge in [0.15, 0.2) is 0 Å². The molecule has 0 spiro atoms. The Kier molecular flexibility index (Phi) is 3.00. The van der Waals surface area contributed by atoms with Crippen molar-refractivity contribution in [2.24, 2.45) is 0 Å². The highest BCUT2D eigenvalue weighted by molar-refractivity contribution is 5.42. The Morgan fingerprint density at radius 2 is 2.25 bits per heavy atom. The van der Waals surface area contributed by atoms with Crippen molar-refractivity contribution in [2.75, 3.05) is 26.2 Å². The van der Waals surface area contributed by atoms with Crippen LogP contribution in [-0.4, -0.2) is 51.4 Å². The van der Waals surface area contributed by atoms with Gasteiger partial charge in [-0.15, -0.1) is 0 Å². The summed E-state index contributed by atoms with van der Waals surface area (Å²) < 4.78 is 2.13. The van der Waals surface area contributed by atoms with E-state index in [2.05, 4.69) is 45.7 Å². The first-order valence-electron chi connectivity index (χ1n) is 7.68. The number of fused-ring (bicyclic) bond motifs is 2. The van der Waals surface area contributed by atoms with Gasteiger partial charge in [-0.2, -0.15) is 0 Å². The van der Waals surface area contributed by atoms with Crippen LogP contribution in [0.3, 0.4) is 0 Å². The highest BCUT2D eigenvalue weighted by atomic mass is 15.3. The Labute approximate surface area is 120 Å². The van der Waals surface area contributed by atoms with Gasteiger partial charge in [0.2, 0.25) is 0 Å². The van der Waals surface area contributed by atoms with Crippen LogP contribution in [0, 0.1) is 6.92 Å². The fourth-order valence-electron chi connectivity index (χ4n) is 3.64. The SMILES string of the molecule is Cc1ccn2cc(CN3CCN4CCC[C@H]4C3)nc2c1. The molecule has 2 saturated heterocycles. The summed E-state index contributed by atoms with van der Waals surface area (Å²) in [5.41, 5.74) is 3.54. The van der Waals surface area contributed by atoms with Crippen molar-refractivity contribution in [1.82, 2.24) is 19.2 Å². The van der Waals surface area contributed by atoms with E-state index in [4.69, 9.17) is 4.98 Å². The zero-order valence-corrected chi connectivity index (χ0v) is 12.1. The molecule has 4 rings (SSSR count). The number of piperazine rings is 1. The average molecular weight is 270 g/mol. The summed E-state index contributed by atoms with van der Waals surface area (Å²) in [5, 5.41) is 0. The lowest BCUT2D eigenvalue weighted by atomic mass is 10.1. The predicted molar refractivity (Wildman–Crippen MR) is 79.8 cm³/mol. The molecule has 0 aliphatic carbocycles.